The summed E-state index contributed by atoms with van der Waals surface area (Å²) < 4.78 is 7.14. The molecule has 0 aliphatic carbocycles. The molecule has 1 heterocycles. The van der Waals surface area contributed by atoms with E-state index in [1.54, 1.807) is 43.6 Å². The maximum Gasteiger partial charge on any atom is 0.308 e. The SMILES string of the molecule is CCOC(=O)CC(c1ccccc1)n1cnc2ccc(NC(=O)c3cccc(N)c3)cc21. The van der Waals surface area contributed by atoms with Crippen LogP contribution in [0.25, 0.3) is 11.0 Å². The lowest BCUT2D eigenvalue weighted by atomic mass is 10.0. The zero-order valence-corrected chi connectivity index (χ0v) is 17.7. The molecule has 4 aromatic rings. The molecule has 3 aromatic carbocycles. The van der Waals surface area contributed by atoms with Gasteiger partial charge in [0, 0.05) is 16.9 Å². The summed E-state index contributed by atoms with van der Waals surface area (Å²) in [5.41, 5.74) is 9.94. The summed E-state index contributed by atoms with van der Waals surface area (Å²) in [5, 5.41) is 2.91. The van der Waals surface area contributed by atoms with Crippen LogP contribution in [-0.4, -0.2) is 28.0 Å². The number of anilines is 2. The van der Waals surface area contributed by atoms with Crippen molar-refractivity contribution in [1.29, 1.82) is 0 Å². The van der Waals surface area contributed by atoms with Crippen molar-refractivity contribution in [3.05, 3.63) is 90.3 Å². The number of hydrogen-bond acceptors (Lipinski definition) is 5. The van der Waals surface area contributed by atoms with Crippen molar-refractivity contribution in [3.63, 3.8) is 0 Å². The molecule has 0 spiro atoms. The number of hydrogen-bond donors (Lipinski definition) is 2. The zero-order chi connectivity index (χ0) is 22.5. The molecule has 0 saturated heterocycles. The first kappa shape index (κ1) is 21.1. The molecule has 3 N–H and O–H groups in total. The van der Waals surface area contributed by atoms with Gasteiger partial charge < -0.3 is 20.4 Å². The van der Waals surface area contributed by atoms with Gasteiger partial charge in [0.25, 0.3) is 5.91 Å². The first-order valence-electron chi connectivity index (χ1n) is 10.4. The number of esters is 1. The Morgan fingerprint density at radius 3 is 2.62 bits per heavy atom. The summed E-state index contributed by atoms with van der Waals surface area (Å²) in [6.07, 6.45) is 1.88. The third-order valence-corrected chi connectivity index (χ3v) is 5.17. The van der Waals surface area contributed by atoms with Gasteiger partial charge in [0.15, 0.2) is 0 Å². The highest BCUT2D eigenvalue weighted by molar-refractivity contribution is 6.05. The van der Waals surface area contributed by atoms with E-state index < -0.39 is 0 Å². The molecule has 7 nitrogen and oxygen atoms in total. The number of nitrogens with zero attached hydrogens (tertiary/aromatic N) is 2. The molecular formula is C25H24N4O3. The van der Waals surface area contributed by atoms with Crippen LogP contribution < -0.4 is 11.1 Å². The molecule has 0 bridgehead atoms. The largest absolute Gasteiger partial charge is 0.466 e. The fourth-order valence-corrected chi connectivity index (χ4v) is 3.67. The van der Waals surface area contributed by atoms with Gasteiger partial charge in [0.2, 0.25) is 0 Å². The summed E-state index contributed by atoms with van der Waals surface area (Å²) in [6, 6.07) is 21.8. The summed E-state index contributed by atoms with van der Waals surface area (Å²) >= 11 is 0. The lowest BCUT2D eigenvalue weighted by Crippen LogP contribution is -2.17. The van der Waals surface area contributed by atoms with Crippen LogP contribution in [0.15, 0.2) is 79.1 Å². The molecule has 32 heavy (non-hydrogen) atoms. The number of amides is 1. The third-order valence-electron chi connectivity index (χ3n) is 5.17. The van der Waals surface area contributed by atoms with Crippen LogP contribution in [-0.2, 0) is 9.53 Å². The molecule has 0 aliphatic heterocycles. The van der Waals surface area contributed by atoms with Crippen molar-refractivity contribution in [3.8, 4) is 0 Å². The monoisotopic (exact) mass is 428 g/mol. The lowest BCUT2D eigenvalue weighted by Gasteiger charge is -2.19. The van der Waals surface area contributed by atoms with Crippen molar-refractivity contribution >= 4 is 34.3 Å². The number of imidazole rings is 1. The molecule has 1 aromatic heterocycles. The smallest absolute Gasteiger partial charge is 0.308 e. The summed E-state index contributed by atoms with van der Waals surface area (Å²) in [6.45, 7) is 2.11. The highest BCUT2D eigenvalue weighted by atomic mass is 16.5. The highest BCUT2D eigenvalue weighted by Crippen LogP contribution is 2.28. The van der Waals surface area contributed by atoms with Gasteiger partial charge in [-0.15, -0.1) is 0 Å². The Labute approximate surface area is 185 Å². The number of nitrogens with two attached hydrogens (primary N) is 1. The Hall–Kier alpha value is -4.13. The zero-order valence-electron chi connectivity index (χ0n) is 17.7. The quantitative estimate of drug-likeness (QED) is 0.335. The maximum atomic E-state index is 12.6. The minimum Gasteiger partial charge on any atom is -0.466 e. The molecule has 1 amide bonds. The van der Waals surface area contributed by atoms with Crippen molar-refractivity contribution in [2.75, 3.05) is 17.7 Å². The highest BCUT2D eigenvalue weighted by Gasteiger charge is 2.21. The molecule has 4 rings (SSSR count). The number of aromatic nitrogens is 2. The molecule has 1 atom stereocenters. The maximum absolute atomic E-state index is 12.6. The molecule has 1 unspecified atom stereocenters. The second-order valence-corrected chi connectivity index (χ2v) is 7.37. The van der Waals surface area contributed by atoms with E-state index in [0.717, 1.165) is 16.6 Å². The Bertz CT molecular complexity index is 1250. The van der Waals surface area contributed by atoms with Gasteiger partial charge in [-0.25, -0.2) is 4.98 Å². The van der Waals surface area contributed by atoms with Crippen LogP contribution in [0, 0.1) is 0 Å². The Balaban J connectivity index is 1.68. The molecule has 0 saturated carbocycles. The summed E-state index contributed by atoms with van der Waals surface area (Å²) in [4.78, 5) is 29.5. The van der Waals surface area contributed by atoms with E-state index in [-0.39, 0.29) is 24.3 Å². The van der Waals surface area contributed by atoms with Gasteiger partial charge in [0.05, 0.1) is 36.4 Å². The van der Waals surface area contributed by atoms with E-state index in [1.165, 1.54) is 0 Å². The van der Waals surface area contributed by atoms with Crippen molar-refractivity contribution < 1.29 is 14.3 Å². The Morgan fingerprint density at radius 1 is 1.06 bits per heavy atom. The van der Waals surface area contributed by atoms with Gasteiger partial charge in [-0.1, -0.05) is 36.4 Å². The minimum atomic E-state index is -0.292. The van der Waals surface area contributed by atoms with Crippen LogP contribution in [0.1, 0.15) is 35.3 Å². The average molecular weight is 428 g/mol. The van der Waals surface area contributed by atoms with Crippen LogP contribution in [0.3, 0.4) is 0 Å². The number of nitrogens with one attached hydrogen (secondary N) is 1. The van der Waals surface area contributed by atoms with E-state index in [4.69, 9.17) is 10.5 Å². The number of carbonyl (C=O) groups is 2. The number of ether oxygens (including phenoxy) is 1. The molecule has 0 radical (unpaired) electrons. The molecule has 7 heteroatoms. The predicted molar refractivity (Wildman–Crippen MR) is 124 cm³/mol. The van der Waals surface area contributed by atoms with Gasteiger partial charge in [-0.05, 0) is 48.9 Å². The third kappa shape index (κ3) is 4.62. The van der Waals surface area contributed by atoms with Crippen molar-refractivity contribution in [1.82, 2.24) is 9.55 Å². The number of benzene rings is 3. The van der Waals surface area contributed by atoms with E-state index in [0.29, 0.717) is 23.5 Å². The fourth-order valence-electron chi connectivity index (χ4n) is 3.67. The second-order valence-electron chi connectivity index (χ2n) is 7.37. The fraction of sp³-hybridized carbons (Fsp3) is 0.160. The number of fused-ring (bicyclic) bond motifs is 1. The van der Waals surface area contributed by atoms with Crippen molar-refractivity contribution in [2.24, 2.45) is 0 Å². The normalized spacial score (nSPS) is 11.8. The van der Waals surface area contributed by atoms with Gasteiger partial charge in [0.1, 0.15) is 0 Å². The Morgan fingerprint density at radius 2 is 1.88 bits per heavy atom. The summed E-state index contributed by atoms with van der Waals surface area (Å²) in [5.74, 6) is -0.539. The van der Waals surface area contributed by atoms with Gasteiger partial charge in [-0.3, -0.25) is 9.59 Å². The average Bonchev–Trinajstić information content (AvgIpc) is 3.21. The molecule has 0 fully saturated rings. The first-order chi connectivity index (χ1) is 15.5. The van der Waals surface area contributed by atoms with Gasteiger partial charge >= 0.3 is 5.97 Å². The molecule has 162 valence electrons. The van der Waals surface area contributed by atoms with E-state index in [1.807, 2.05) is 47.0 Å². The predicted octanol–water partition coefficient (Wildman–Crippen LogP) is 4.41. The van der Waals surface area contributed by atoms with Crippen LogP contribution in [0.5, 0.6) is 0 Å². The number of rotatable bonds is 7. The summed E-state index contributed by atoms with van der Waals surface area (Å²) in [7, 11) is 0. The van der Waals surface area contributed by atoms with Gasteiger partial charge in [-0.2, -0.15) is 0 Å². The lowest BCUT2D eigenvalue weighted by molar-refractivity contribution is -0.143. The number of nitrogen functional groups attached to an aromatic ring is 1. The van der Waals surface area contributed by atoms with Crippen molar-refractivity contribution in [2.45, 2.75) is 19.4 Å². The Kier molecular flexibility index (Phi) is 6.17. The van der Waals surface area contributed by atoms with E-state index in [2.05, 4.69) is 10.3 Å². The van der Waals surface area contributed by atoms with Crippen LogP contribution in [0.2, 0.25) is 0 Å². The first-order valence-corrected chi connectivity index (χ1v) is 10.4. The standard InChI is InChI=1S/C25H24N4O3/c1-2-32-24(30)15-22(17-7-4-3-5-8-17)29-16-27-21-12-11-20(14-23(21)29)28-25(31)18-9-6-10-19(26)13-18/h3-14,16,22H,2,15,26H2,1H3,(H,28,31). The topological polar surface area (TPSA) is 99.2 Å². The second kappa shape index (κ2) is 9.34. The van der Waals surface area contributed by atoms with Crippen LogP contribution >= 0.6 is 0 Å². The van der Waals surface area contributed by atoms with E-state index >= 15 is 0 Å². The van der Waals surface area contributed by atoms with E-state index in [9.17, 15) is 9.59 Å². The number of carbonyl (C=O) groups excluding carboxylic acids is 2. The van der Waals surface area contributed by atoms with Crippen LogP contribution in [0.4, 0.5) is 11.4 Å². The molecule has 0 aliphatic rings. The molecular weight excluding hydrogens is 404 g/mol. The minimum absolute atomic E-state index is 0.170.